The lowest BCUT2D eigenvalue weighted by Crippen LogP contribution is -2.47. The molecular weight excluding hydrogens is 327 g/mol. The maximum atomic E-state index is 13.4. The minimum atomic E-state index is -0.282. The minimum absolute atomic E-state index is 0.282. The molecule has 0 spiro atoms. The van der Waals surface area contributed by atoms with Crippen LogP contribution >= 0.6 is 11.3 Å². The summed E-state index contributed by atoms with van der Waals surface area (Å²) in [6, 6.07) is 6.76. The minimum Gasteiger partial charge on any atom is -0.494 e. The monoisotopic (exact) mass is 344 g/mol. The molecule has 3 aromatic rings. The number of benzene rings is 1. The second-order valence-electron chi connectivity index (χ2n) is 5.63. The number of rotatable bonds is 3. The molecule has 1 saturated heterocycles. The number of anilines is 2. The zero-order valence-electron chi connectivity index (χ0n) is 13.3. The van der Waals surface area contributed by atoms with E-state index in [2.05, 4.69) is 25.8 Å². The molecule has 1 aromatic carbocycles. The summed E-state index contributed by atoms with van der Waals surface area (Å²) in [5.74, 6) is 1.28. The molecule has 1 aliphatic rings. The SMILES string of the molecule is COc1cc(F)ccc1N1CCN(c2ncnc3sccc23)CC1. The van der Waals surface area contributed by atoms with Gasteiger partial charge in [0.05, 0.1) is 18.2 Å². The van der Waals surface area contributed by atoms with Crippen molar-refractivity contribution in [2.24, 2.45) is 0 Å². The molecule has 0 amide bonds. The summed E-state index contributed by atoms with van der Waals surface area (Å²) < 4.78 is 18.7. The number of aromatic nitrogens is 2. The summed E-state index contributed by atoms with van der Waals surface area (Å²) in [6.45, 7) is 3.36. The molecule has 1 aliphatic heterocycles. The van der Waals surface area contributed by atoms with E-state index in [0.29, 0.717) is 5.75 Å². The summed E-state index contributed by atoms with van der Waals surface area (Å²) in [4.78, 5) is 14.3. The van der Waals surface area contributed by atoms with E-state index in [1.165, 1.54) is 12.1 Å². The van der Waals surface area contributed by atoms with E-state index in [4.69, 9.17) is 4.74 Å². The normalized spacial score (nSPS) is 15.1. The van der Waals surface area contributed by atoms with Gasteiger partial charge in [0, 0.05) is 32.2 Å². The molecule has 2 aromatic heterocycles. The summed E-state index contributed by atoms with van der Waals surface area (Å²) in [6.07, 6.45) is 1.63. The highest BCUT2D eigenvalue weighted by Crippen LogP contribution is 2.31. The Hall–Kier alpha value is -2.41. The van der Waals surface area contributed by atoms with Crippen molar-refractivity contribution in [1.29, 1.82) is 0 Å². The summed E-state index contributed by atoms with van der Waals surface area (Å²) in [5, 5.41) is 3.15. The maximum Gasteiger partial charge on any atom is 0.145 e. The predicted molar refractivity (Wildman–Crippen MR) is 94.8 cm³/mol. The summed E-state index contributed by atoms with van der Waals surface area (Å²) in [7, 11) is 1.57. The Labute approximate surface area is 143 Å². The zero-order valence-corrected chi connectivity index (χ0v) is 14.1. The van der Waals surface area contributed by atoms with Crippen molar-refractivity contribution >= 4 is 33.1 Å². The van der Waals surface area contributed by atoms with Crippen LogP contribution in [0.15, 0.2) is 36.0 Å². The van der Waals surface area contributed by atoms with Crippen LogP contribution in [-0.4, -0.2) is 43.3 Å². The van der Waals surface area contributed by atoms with Crippen LogP contribution in [0.25, 0.3) is 10.2 Å². The third-order valence-electron chi connectivity index (χ3n) is 4.30. The molecule has 0 radical (unpaired) electrons. The molecular formula is C17H17FN4OS. The van der Waals surface area contributed by atoms with Gasteiger partial charge in [0.1, 0.15) is 28.5 Å². The van der Waals surface area contributed by atoms with Crippen LogP contribution in [0.4, 0.5) is 15.9 Å². The average molecular weight is 344 g/mol. The highest BCUT2D eigenvalue weighted by molar-refractivity contribution is 7.16. The van der Waals surface area contributed by atoms with Crippen molar-refractivity contribution in [2.75, 3.05) is 43.1 Å². The van der Waals surface area contributed by atoms with E-state index in [9.17, 15) is 4.39 Å². The van der Waals surface area contributed by atoms with Gasteiger partial charge in [-0.15, -0.1) is 11.3 Å². The van der Waals surface area contributed by atoms with Gasteiger partial charge in [-0.25, -0.2) is 14.4 Å². The number of hydrogen-bond donors (Lipinski definition) is 0. The molecule has 0 aliphatic carbocycles. The number of halogens is 1. The number of thiophene rings is 1. The second-order valence-corrected chi connectivity index (χ2v) is 6.52. The Balaban J connectivity index is 1.54. The van der Waals surface area contributed by atoms with Crippen LogP contribution in [0.1, 0.15) is 0 Å². The molecule has 0 bridgehead atoms. The lowest BCUT2D eigenvalue weighted by Gasteiger charge is -2.37. The largest absolute Gasteiger partial charge is 0.494 e. The highest BCUT2D eigenvalue weighted by atomic mass is 32.1. The fourth-order valence-electron chi connectivity index (χ4n) is 3.10. The van der Waals surface area contributed by atoms with Gasteiger partial charge in [0.25, 0.3) is 0 Å². The molecule has 0 atom stereocenters. The average Bonchev–Trinajstić information content (AvgIpc) is 3.10. The van der Waals surface area contributed by atoms with E-state index in [0.717, 1.165) is 47.9 Å². The van der Waals surface area contributed by atoms with E-state index < -0.39 is 0 Å². The van der Waals surface area contributed by atoms with E-state index in [1.807, 2.05) is 5.38 Å². The second kappa shape index (κ2) is 6.24. The van der Waals surface area contributed by atoms with Gasteiger partial charge in [-0.05, 0) is 23.6 Å². The fraction of sp³-hybridized carbons (Fsp3) is 0.294. The van der Waals surface area contributed by atoms with Gasteiger partial charge >= 0.3 is 0 Å². The molecule has 0 N–H and O–H groups in total. The molecule has 3 heterocycles. The Bertz CT molecular complexity index is 861. The number of hydrogen-bond acceptors (Lipinski definition) is 6. The first kappa shape index (κ1) is 15.1. The van der Waals surface area contributed by atoms with Crippen molar-refractivity contribution in [3.63, 3.8) is 0 Å². The van der Waals surface area contributed by atoms with Crippen LogP contribution < -0.4 is 14.5 Å². The van der Waals surface area contributed by atoms with Gasteiger partial charge in [0.15, 0.2) is 0 Å². The summed E-state index contributed by atoms with van der Waals surface area (Å²) in [5.41, 5.74) is 0.932. The maximum absolute atomic E-state index is 13.4. The third-order valence-corrected chi connectivity index (χ3v) is 5.12. The molecule has 0 saturated carbocycles. The quantitative estimate of drug-likeness (QED) is 0.730. The van der Waals surface area contributed by atoms with Gasteiger partial charge in [-0.1, -0.05) is 0 Å². The lowest BCUT2D eigenvalue weighted by molar-refractivity contribution is 0.410. The molecule has 24 heavy (non-hydrogen) atoms. The van der Waals surface area contributed by atoms with Crippen LogP contribution in [0, 0.1) is 5.82 Å². The number of nitrogens with zero attached hydrogens (tertiary/aromatic N) is 4. The molecule has 124 valence electrons. The Morgan fingerprint density at radius 1 is 1.08 bits per heavy atom. The molecule has 7 heteroatoms. The highest BCUT2D eigenvalue weighted by Gasteiger charge is 2.22. The first-order valence-electron chi connectivity index (χ1n) is 7.78. The number of fused-ring (bicyclic) bond motifs is 1. The standard InChI is InChI=1S/C17H17FN4OS/c1-23-15-10-12(18)2-3-14(15)21-5-7-22(8-6-21)16-13-4-9-24-17(13)20-11-19-16/h2-4,9-11H,5-8H2,1H3. The third kappa shape index (κ3) is 2.65. The van der Waals surface area contributed by atoms with Crippen LogP contribution in [0.5, 0.6) is 5.75 Å². The van der Waals surface area contributed by atoms with Crippen molar-refractivity contribution in [3.8, 4) is 5.75 Å². The van der Waals surface area contributed by atoms with Crippen molar-refractivity contribution in [2.45, 2.75) is 0 Å². The molecule has 5 nitrogen and oxygen atoms in total. The number of ether oxygens (including phenoxy) is 1. The smallest absolute Gasteiger partial charge is 0.145 e. The van der Waals surface area contributed by atoms with Crippen LogP contribution in [0.2, 0.25) is 0 Å². The molecule has 4 rings (SSSR count). The Morgan fingerprint density at radius 3 is 2.67 bits per heavy atom. The van der Waals surface area contributed by atoms with Crippen LogP contribution in [-0.2, 0) is 0 Å². The first-order chi connectivity index (χ1) is 11.8. The number of methoxy groups -OCH3 is 1. The Morgan fingerprint density at radius 2 is 1.88 bits per heavy atom. The van der Waals surface area contributed by atoms with E-state index in [-0.39, 0.29) is 5.82 Å². The van der Waals surface area contributed by atoms with Crippen LogP contribution in [0.3, 0.4) is 0 Å². The van der Waals surface area contributed by atoms with Crippen molar-refractivity contribution < 1.29 is 9.13 Å². The Kier molecular flexibility index (Phi) is 3.93. The van der Waals surface area contributed by atoms with Crippen molar-refractivity contribution in [3.05, 3.63) is 41.8 Å². The first-order valence-corrected chi connectivity index (χ1v) is 8.66. The summed E-state index contributed by atoms with van der Waals surface area (Å²) >= 11 is 1.63. The lowest BCUT2D eigenvalue weighted by atomic mass is 10.2. The van der Waals surface area contributed by atoms with Gasteiger partial charge in [-0.3, -0.25) is 0 Å². The zero-order chi connectivity index (χ0) is 16.5. The van der Waals surface area contributed by atoms with Gasteiger partial charge in [0.2, 0.25) is 0 Å². The fourth-order valence-corrected chi connectivity index (χ4v) is 3.83. The van der Waals surface area contributed by atoms with E-state index >= 15 is 0 Å². The van der Waals surface area contributed by atoms with Crippen molar-refractivity contribution in [1.82, 2.24) is 9.97 Å². The molecule has 1 fully saturated rings. The number of piperazine rings is 1. The predicted octanol–water partition coefficient (Wildman–Crippen LogP) is 3.17. The van der Waals surface area contributed by atoms with Gasteiger partial charge < -0.3 is 14.5 Å². The van der Waals surface area contributed by atoms with Gasteiger partial charge in [-0.2, -0.15) is 0 Å². The topological polar surface area (TPSA) is 41.5 Å². The molecule has 0 unspecified atom stereocenters. The van der Waals surface area contributed by atoms with E-state index in [1.54, 1.807) is 30.8 Å².